The Morgan fingerprint density at radius 2 is 1.84 bits per heavy atom. The van der Waals surface area contributed by atoms with Gasteiger partial charge in [-0.2, -0.15) is 0 Å². The van der Waals surface area contributed by atoms with Crippen molar-refractivity contribution in [1.82, 2.24) is 9.47 Å². The summed E-state index contributed by atoms with van der Waals surface area (Å²) < 4.78 is 14.4. The van der Waals surface area contributed by atoms with Crippen LogP contribution in [0.15, 0.2) is 30.5 Å². The first-order chi connectivity index (χ1) is 17.4. The number of aromatic hydroxyl groups is 1. The molecule has 5 rings (SSSR count). The zero-order chi connectivity index (χ0) is 26.7. The largest absolute Gasteiger partial charge is 0.504 e. The Kier molecular flexibility index (Phi) is 6.32. The first-order valence-electron chi connectivity index (χ1n) is 13.1. The Bertz CT molecular complexity index is 1370. The predicted molar refractivity (Wildman–Crippen MR) is 149 cm³/mol. The van der Waals surface area contributed by atoms with Crippen molar-refractivity contribution >= 4 is 23.1 Å². The van der Waals surface area contributed by atoms with E-state index in [1.54, 1.807) is 13.2 Å². The van der Waals surface area contributed by atoms with Gasteiger partial charge in [0, 0.05) is 31.1 Å². The number of fused-ring (bicyclic) bond motifs is 3. The van der Waals surface area contributed by atoms with E-state index in [9.17, 15) is 10.2 Å². The van der Waals surface area contributed by atoms with Gasteiger partial charge in [0.1, 0.15) is 11.4 Å². The molecule has 37 heavy (non-hydrogen) atoms. The van der Waals surface area contributed by atoms with Crippen molar-refractivity contribution in [2.45, 2.75) is 58.3 Å². The van der Waals surface area contributed by atoms with E-state index in [0.29, 0.717) is 12.2 Å². The monoisotopic (exact) mass is 504 g/mol. The first kappa shape index (κ1) is 25.7. The fraction of sp³-hybridized carbons (Fsp3) is 0.484. The Morgan fingerprint density at radius 3 is 2.51 bits per heavy atom. The highest BCUT2D eigenvalue weighted by Gasteiger charge is 2.54. The van der Waals surface area contributed by atoms with E-state index >= 15 is 0 Å². The maximum atomic E-state index is 10.9. The fourth-order valence-electron chi connectivity index (χ4n) is 6.61. The molecule has 0 radical (unpaired) electrons. The highest BCUT2D eigenvalue weighted by Crippen LogP contribution is 2.54. The fourth-order valence-corrected chi connectivity index (χ4v) is 6.61. The van der Waals surface area contributed by atoms with E-state index in [0.717, 1.165) is 52.7 Å². The zero-order valence-corrected chi connectivity index (χ0v) is 23.1. The van der Waals surface area contributed by atoms with Crippen molar-refractivity contribution in [1.29, 1.82) is 0 Å². The normalized spacial score (nSPS) is 24.8. The molecule has 2 heterocycles. The molecule has 1 aromatic heterocycles. The van der Waals surface area contributed by atoms with Gasteiger partial charge in [-0.05, 0) is 92.2 Å². The summed E-state index contributed by atoms with van der Waals surface area (Å²) in [7, 11) is 7.92. The highest BCUT2D eigenvalue weighted by molar-refractivity contribution is 5.92. The van der Waals surface area contributed by atoms with Crippen LogP contribution in [-0.4, -0.2) is 52.6 Å². The van der Waals surface area contributed by atoms with E-state index in [-0.39, 0.29) is 23.2 Å². The topological polar surface area (TPSA) is 67.1 Å². The number of aliphatic hydroxyl groups excluding tert-OH is 1. The standard InChI is InChI=1S/C31H40N2O4/c1-30(2)26-16-21-12-19(14-24(34)29(21)37-31(26,3)11-10-27(30)35)8-9-20-13-23-28(25(15-20)36-7)22(17-32(4)5)18-33(23)6/h8-9,12-15,18,26-27,34-35H,10-11,16-17H2,1-7H3/b9-8+/t26-,27-,31-/m1/s1. The van der Waals surface area contributed by atoms with Crippen molar-refractivity contribution in [3.8, 4) is 17.2 Å². The molecular formula is C31H40N2O4. The molecule has 1 aliphatic heterocycles. The van der Waals surface area contributed by atoms with Crippen molar-refractivity contribution in [2.24, 2.45) is 18.4 Å². The minimum absolute atomic E-state index is 0.162. The number of hydrogen-bond donors (Lipinski definition) is 2. The van der Waals surface area contributed by atoms with Crippen molar-refractivity contribution in [3.63, 3.8) is 0 Å². The van der Waals surface area contributed by atoms with Crippen molar-refractivity contribution in [2.75, 3.05) is 21.2 Å². The van der Waals surface area contributed by atoms with Crippen LogP contribution in [0.1, 0.15) is 55.9 Å². The molecule has 6 nitrogen and oxygen atoms in total. The van der Waals surface area contributed by atoms with Gasteiger partial charge in [-0.3, -0.25) is 0 Å². The molecule has 0 unspecified atom stereocenters. The molecule has 0 saturated heterocycles. The van der Waals surface area contributed by atoms with Crippen molar-refractivity contribution < 1.29 is 19.7 Å². The summed E-state index contributed by atoms with van der Waals surface area (Å²) in [6, 6.07) is 8.12. The summed E-state index contributed by atoms with van der Waals surface area (Å²) in [5, 5.41) is 22.8. The lowest BCUT2D eigenvalue weighted by Gasteiger charge is -2.55. The van der Waals surface area contributed by atoms with Crippen molar-refractivity contribution in [3.05, 3.63) is 52.7 Å². The molecule has 0 bridgehead atoms. The lowest BCUT2D eigenvalue weighted by Crippen LogP contribution is -2.58. The van der Waals surface area contributed by atoms with Crippen LogP contribution < -0.4 is 9.47 Å². The van der Waals surface area contributed by atoms with Crippen LogP contribution in [0.2, 0.25) is 0 Å². The number of rotatable bonds is 5. The van der Waals surface area contributed by atoms with Crippen LogP contribution in [0.5, 0.6) is 17.2 Å². The number of aliphatic hydroxyl groups is 1. The molecule has 2 N–H and O–H groups in total. The van der Waals surface area contributed by atoms with Gasteiger partial charge < -0.3 is 29.2 Å². The number of phenols is 1. The van der Waals surface area contributed by atoms with Crippen LogP contribution in [-0.2, 0) is 20.0 Å². The second kappa shape index (κ2) is 9.10. The number of aromatic nitrogens is 1. The minimum Gasteiger partial charge on any atom is -0.504 e. The number of ether oxygens (including phenoxy) is 2. The van der Waals surface area contributed by atoms with Gasteiger partial charge in [0.05, 0.1) is 18.7 Å². The minimum atomic E-state index is -0.392. The highest BCUT2D eigenvalue weighted by atomic mass is 16.5. The molecule has 0 spiro atoms. The molecule has 2 aliphatic rings. The quantitative estimate of drug-likeness (QED) is 0.442. The number of nitrogens with zero attached hydrogens (tertiary/aromatic N) is 2. The smallest absolute Gasteiger partial charge is 0.164 e. The molecule has 3 atom stereocenters. The lowest BCUT2D eigenvalue weighted by atomic mass is 9.57. The van der Waals surface area contributed by atoms with E-state index in [4.69, 9.17) is 9.47 Å². The lowest BCUT2D eigenvalue weighted by molar-refractivity contribution is -0.138. The second-order valence-electron chi connectivity index (χ2n) is 12.0. The molecule has 1 saturated carbocycles. The third-order valence-corrected chi connectivity index (χ3v) is 8.67. The maximum Gasteiger partial charge on any atom is 0.164 e. The van der Waals surface area contributed by atoms with Crippen LogP contribution in [0, 0.1) is 11.3 Å². The Labute approximate surface area is 220 Å². The molecule has 1 aliphatic carbocycles. The number of methoxy groups -OCH3 is 1. The van der Waals surface area contributed by atoms with Crippen LogP contribution >= 0.6 is 0 Å². The Hall–Kier alpha value is -2.96. The van der Waals surface area contributed by atoms with E-state index in [1.807, 2.05) is 6.08 Å². The summed E-state index contributed by atoms with van der Waals surface area (Å²) in [4.78, 5) is 2.16. The summed E-state index contributed by atoms with van der Waals surface area (Å²) >= 11 is 0. The summed E-state index contributed by atoms with van der Waals surface area (Å²) in [5.41, 5.74) is 4.63. The third kappa shape index (κ3) is 4.40. The first-order valence-corrected chi connectivity index (χ1v) is 13.1. The van der Waals surface area contributed by atoms with Gasteiger partial charge >= 0.3 is 0 Å². The molecule has 3 aromatic rings. The number of hydrogen-bond acceptors (Lipinski definition) is 5. The van der Waals surface area contributed by atoms with E-state index < -0.39 is 5.60 Å². The van der Waals surface area contributed by atoms with Gasteiger partial charge in [0.15, 0.2) is 11.5 Å². The molecule has 0 amide bonds. The van der Waals surface area contributed by atoms with Gasteiger partial charge in [-0.25, -0.2) is 0 Å². The SMILES string of the molecule is COc1cc(/C=C/c2cc(O)c3c(c2)C[C@@H]2C(C)(C)[C@H](O)CC[C@@]2(C)O3)cc2c1c(CN(C)C)cn2C. The third-order valence-electron chi connectivity index (χ3n) is 8.67. The molecule has 6 heteroatoms. The predicted octanol–water partition coefficient (Wildman–Crippen LogP) is 5.62. The Morgan fingerprint density at radius 1 is 1.14 bits per heavy atom. The van der Waals surface area contributed by atoms with Gasteiger partial charge in [-0.15, -0.1) is 0 Å². The molecule has 198 valence electrons. The Balaban J connectivity index is 1.49. The van der Waals surface area contributed by atoms with Gasteiger partial charge in [0.2, 0.25) is 0 Å². The summed E-state index contributed by atoms with van der Waals surface area (Å²) in [6.45, 7) is 7.23. The molecular weight excluding hydrogens is 464 g/mol. The average molecular weight is 505 g/mol. The molecule has 2 aromatic carbocycles. The van der Waals surface area contributed by atoms with E-state index in [1.165, 1.54) is 5.56 Å². The molecule has 1 fully saturated rings. The number of aryl methyl sites for hydroxylation is 1. The van der Waals surface area contributed by atoms with E-state index in [2.05, 4.69) is 81.9 Å². The van der Waals surface area contributed by atoms with Gasteiger partial charge in [0.25, 0.3) is 0 Å². The maximum absolute atomic E-state index is 10.9. The van der Waals surface area contributed by atoms with Crippen LogP contribution in [0.25, 0.3) is 23.1 Å². The second-order valence-corrected chi connectivity index (χ2v) is 12.0. The summed E-state index contributed by atoms with van der Waals surface area (Å²) in [5.74, 6) is 1.77. The van der Waals surface area contributed by atoms with Crippen LogP contribution in [0.4, 0.5) is 0 Å². The number of phenolic OH excluding ortho intramolecular Hbond substituents is 1. The van der Waals surface area contributed by atoms with Gasteiger partial charge in [-0.1, -0.05) is 26.0 Å². The van der Waals surface area contributed by atoms with Crippen LogP contribution in [0.3, 0.4) is 0 Å². The average Bonchev–Trinajstić information content (AvgIpc) is 3.14. The zero-order valence-electron chi connectivity index (χ0n) is 23.1. The summed E-state index contributed by atoms with van der Waals surface area (Å²) in [6.07, 6.45) is 8.16. The number of benzene rings is 2.